The number of nitrogens with one attached hydrogen (secondary N) is 2. The Morgan fingerprint density at radius 1 is 1.62 bits per heavy atom. The summed E-state index contributed by atoms with van der Waals surface area (Å²) in [6.07, 6.45) is 0.894. The number of carbonyl (C=O) groups is 2. The van der Waals surface area contributed by atoms with Crippen molar-refractivity contribution in [2.75, 3.05) is 25.1 Å². The van der Waals surface area contributed by atoms with Gasteiger partial charge in [-0.25, -0.2) is 0 Å². The molecule has 0 aliphatic carbocycles. The van der Waals surface area contributed by atoms with Gasteiger partial charge < -0.3 is 15.4 Å². The highest BCUT2D eigenvalue weighted by atomic mass is 32.2. The Morgan fingerprint density at radius 3 is 2.77 bits per heavy atom. The summed E-state index contributed by atoms with van der Waals surface area (Å²) in [4.78, 5) is 20.8. The lowest BCUT2D eigenvalue weighted by Gasteiger charge is -2.07. The molecule has 0 radical (unpaired) electrons. The maximum atomic E-state index is 10.5. The molecule has 0 spiro atoms. The van der Waals surface area contributed by atoms with E-state index in [0.717, 1.165) is 17.8 Å². The molecule has 1 amide bonds. The third kappa shape index (κ3) is 7.80. The molecule has 0 aromatic carbocycles. The van der Waals surface area contributed by atoms with E-state index in [9.17, 15) is 9.59 Å². The minimum absolute atomic E-state index is 0.0128. The van der Waals surface area contributed by atoms with Gasteiger partial charge in [-0.05, 0) is 7.05 Å². The van der Waals surface area contributed by atoms with Crippen LogP contribution in [0, 0.1) is 0 Å². The minimum Gasteiger partial charge on any atom is -0.356 e. The van der Waals surface area contributed by atoms with Crippen LogP contribution in [0.2, 0.25) is 0 Å². The summed E-state index contributed by atoms with van der Waals surface area (Å²) >= 11 is 1.64. The highest BCUT2D eigenvalue weighted by Gasteiger charge is 2.02. The average molecular weight is 204 g/mol. The molecule has 1 atom stereocenters. The number of rotatable bonds is 7. The first-order valence-electron chi connectivity index (χ1n) is 4.15. The van der Waals surface area contributed by atoms with Crippen LogP contribution in [0.5, 0.6) is 0 Å². The summed E-state index contributed by atoms with van der Waals surface area (Å²) in [6.45, 7) is 2.15. The Kier molecular flexibility index (Phi) is 7.73. The van der Waals surface area contributed by atoms with Crippen molar-refractivity contribution in [3.63, 3.8) is 0 Å². The highest BCUT2D eigenvalue weighted by Crippen LogP contribution is 1.99. The fourth-order valence-electron chi connectivity index (χ4n) is 0.700. The van der Waals surface area contributed by atoms with Crippen molar-refractivity contribution in [1.82, 2.24) is 10.6 Å². The molecule has 0 fully saturated rings. The van der Waals surface area contributed by atoms with Gasteiger partial charge in [0.15, 0.2) is 0 Å². The van der Waals surface area contributed by atoms with Crippen LogP contribution in [0.3, 0.4) is 0 Å². The van der Waals surface area contributed by atoms with Crippen molar-refractivity contribution in [2.24, 2.45) is 0 Å². The van der Waals surface area contributed by atoms with Crippen LogP contribution < -0.4 is 10.6 Å². The van der Waals surface area contributed by atoms with Gasteiger partial charge in [0.05, 0.1) is 6.04 Å². The largest absolute Gasteiger partial charge is 0.356 e. The average Bonchev–Trinajstić information content (AvgIpc) is 2.11. The Hall–Kier alpha value is -0.550. The van der Waals surface area contributed by atoms with Crippen LogP contribution >= 0.6 is 11.8 Å². The monoisotopic (exact) mass is 204 g/mol. The van der Waals surface area contributed by atoms with E-state index < -0.39 is 0 Å². The number of hydrogen-bond donors (Lipinski definition) is 2. The second-order valence-electron chi connectivity index (χ2n) is 2.59. The molecule has 4 nitrogen and oxygen atoms in total. The van der Waals surface area contributed by atoms with E-state index in [1.54, 1.807) is 18.8 Å². The summed E-state index contributed by atoms with van der Waals surface area (Å²) in [7, 11) is 1.76. The predicted molar refractivity (Wildman–Crippen MR) is 54.9 cm³/mol. The van der Waals surface area contributed by atoms with Gasteiger partial charge in [0.2, 0.25) is 5.91 Å². The zero-order chi connectivity index (χ0) is 10.1. The molecule has 0 saturated carbocycles. The van der Waals surface area contributed by atoms with Crippen molar-refractivity contribution in [1.29, 1.82) is 0 Å². The first-order valence-corrected chi connectivity index (χ1v) is 5.31. The summed E-state index contributed by atoms with van der Waals surface area (Å²) in [6, 6.07) is -0.0812. The number of amides is 1. The number of thioether (sulfide) groups is 1. The quantitative estimate of drug-likeness (QED) is 0.439. The van der Waals surface area contributed by atoms with Crippen LogP contribution in [-0.2, 0) is 9.59 Å². The number of aldehydes is 1. The molecule has 0 heterocycles. The molecule has 76 valence electrons. The molecular weight excluding hydrogens is 188 g/mol. The summed E-state index contributed by atoms with van der Waals surface area (Å²) in [5.41, 5.74) is 0. The fourth-order valence-corrected chi connectivity index (χ4v) is 1.61. The summed E-state index contributed by atoms with van der Waals surface area (Å²) < 4.78 is 0. The molecule has 13 heavy (non-hydrogen) atoms. The summed E-state index contributed by atoms with van der Waals surface area (Å²) in [5.74, 6) is 1.58. The minimum atomic E-state index is -0.0812. The van der Waals surface area contributed by atoms with E-state index in [4.69, 9.17) is 0 Å². The molecule has 2 N–H and O–H groups in total. The second kappa shape index (κ2) is 8.07. The van der Waals surface area contributed by atoms with Gasteiger partial charge in [-0.2, -0.15) is 11.8 Å². The van der Waals surface area contributed by atoms with Gasteiger partial charge in [0.25, 0.3) is 0 Å². The predicted octanol–water partition coefficient (Wildman–Crippen LogP) is -0.357. The number of likely N-dealkylation sites (N-methyl/N-ethyl adjacent to an activating group) is 1. The molecule has 0 aromatic rings. The zero-order valence-corrected chi connectivity index (χ0v) is 8.82. The SMILES string of the molecule is CNC(C=O)CSCCNC(C)=O. The van der Waals surface area contributed by atoms with Gasteiger partial charge in [-0.3, -0.25) is 4.79 Å². The van der Waals surface area contributed by atoms with E-state index in [1.807, 2.05) is 0 Å². The molecule has 0 aliphatic heterocycles. The highest BCUT2D eigenvalue weighted by molar-refractivity contribution is 7.99. The third-order valence-electron chi connectivity index (χ3n) is 1.45. The van der Waals surface area contributed by atoms with Crippen molar-refractivity contribution < 1.29 is 9.59 Å². The van der Waals surface area contributed by atoms with Crippen molar-refractivity contribution in [3.8, 4) is 0 Å². The lowest BCUT2D eigenvalue weighted by atomic mass is 10.4. The van der Waals surface area contributed by atoms with E-state index in [2.05, 4.69) is 10.6 Å². The van der Waals surface area contributed by atoms with E-state index in [-0.39, 0.29) is 11.9 Å². The van der Waals surface area contributed by atoms with Crippen LogP contribution in [0.15, 0.2) is 0 Å². The first-order chi connectivity index (χ1) is 6.20. The molecule has 0 bridgehead atoms. The van der Waals surface area contributed by atoms with E-state index in [1.165, 1.54) is 6.92 Å². The fraction of sp³-hybridized carbons (Fsp3) is 0.750. The van der Waals surface area contributed by atoms with E-state index >= 15 is 0 Å². The van der Waals surface area contributed by atoms with Crippen molar-refractivity contribution in [3.05, 3.63) is 0 Å². The van der Waals surface area contributed by atoms with Gasteiger partial charge in [0, 0.05) is 25.0 Å². The number of hydrogen-bond acceptors (Lipinski definition) is 4. The maximum Gasteiger partial charge on any atom is 0.216 e. The lowest BCUT2D eigenvalue weighted by molar-refractivity contribution is -0.118. The molecule has 0 aromatic heterocycles. The van der Waals surface area contributed by atoms with Crippen molar-refractivity contribution >= 4 is 24.0 Å². The standard InChI is InChI=1S/C8H16N2O2S/c1-7(12)10-3-4-13-6-8(5-11)9-2/h5,8-9H,3-4,6H2,1-2H3,(H,10,12). The molecule has 1 unspecified atom stereocenters. The summed E-state index contributed by atoms with van der Waals surface area (Å²) in [5, 5.41) is 5.56. The maximum absolute atomic E-state index is 10.5. The van der Waals surface area contributed by atoms with Gasteiger partial charge in [-0.1, -0.05) is 0 Å². The van der Waals surface area contributed by atoms with Gasteiger partial charge >= 0.3 is 0 Å². The second-order valence-corrected chi connectivity index (χ2v) is 3.74. The Bertz CT molecular complexity index is 164. The van der Waals surface area contributed by atoms with Crippen LogP contribution in [0.4, 0.5) is 0 Å². The van der Waals surface area contributed by atoms with Gasteiger partial charge in [-0.15, -0.1) is 0 Å². The van der Waals surface area contributed by atoms with Crippen LogP contribution in [0.1, 0.15) is 6.92 Å². The molecule has 0 rings (SSSR count). The third-order valence-corrected chi connectivity index (χ3v) is 2.54. The van der Waals surface area contributed by atoms with Crippen LogP contribution in [0.25, 0.3) is 0 Å². The number of carbonyl (C=O) groups excluding carboxylic acids is 2. The topological polar surface area (TPSA) is 58.2 Å². The molecular formula is C8H16N2O2S. The molecule has 0 aliphatic rings. The van der Waals surface area contributed by atoms with E-state index in [0.29, 0.717) is 6.54 Å². The lowest BCUT2D eigenvalue weighted by Crippen LogP contribution is -2.30. The van der Waals surface area contributed by atoms with Crippen molar-refractivity contribution in [2.45, 2.75) is 13.0 Å². The zero-order valence-electron chi connectivity index (χ0n) is 8.00. The van der Waals surface area contributed by atoms with Crippen LogP contribution in [-0.4, -0.2) is 43.3 Å². The first kappa shape index (κ1) is 12.4. The molecule has 0 saturated heterocycles. The van der Waals surface area contributed by atoms with Gasteiger partial charge in [0.1, 0.15) is 6.29 Å². The normalized spacial score (nSPS) is 12.2. The Morgan fingerprint density at radius 2 is 2.31 bits per heavy atom. The Labute approximate surface area is 82.8 Å². The molecule has 5 heteroatoms. The smallest absolute Gasteiger partial charge is 0.216 e. The Balaban J connectivity index is 3.24.